The number of thioether (sulfide) groups is 1. The molecule has 1 aliphatic carbocycles. The van der Waals surface area contributed by atoms with Crippen LogP contribution in [0.1, 0.15) is 17.8 Å². The highest BCUT2D eigenvalue weighted by Crippen LogP contribution is 2.51. The number of allylic oxidation sites excluding steroid dienone is 3. The number of aromatic nitrogens is 4. The molecule has 8 aromatic rings. The SMILES string of the molecule is C1=CC(c2nc(-c3ccccc3)nc(-c3cccc4sc5cc6oc(-c7ccccc7)nc6cc5c34)n2)=C2c3ccccc3SC2C1. The van der Waals surface area contributed by atoms with E-state index in [2.05, 4.69) is 78.9 Å². The van der Waals surface area contributed by atoms with E-state index in [1.165, 1.54) is 16.0 Å². The molecule has 4 heterocycles. The zero-order valence-corrected chi connectivity index (χ0v) is 26.6. The Morgan fingerprint density at radius 3 is 2.26 bits per heavy atom. The Balaban J connectivity index is 1.21. The van der Waals surface area contributed by atoms with Gasteiger partial charge in [0.1, 0.15) is 5.52 Å². The summed E-state index contributed by atoms with van der Waals surface area (Å²) in [5.74, 6) is 2.64. The van der Waals surface area contributed by atoms with Gasteiger partial charge < -0.3 is 4.42 Å². The van der Waals surface area contributed by atoms with Gasteiger partial charge in [0.2, 0.25) is 5.89 Å². The highest BCUT2D eigenvalue weighted by atomic mass is 32.2. The van der Waals surface area contributed by atoms with Crippen molar-refractivity contribution in [2.24, 2.45) is 0 Å². The highest BCUT2D eigenvalue weighted by molar-refractivity contribution is 8.00. The maximum atomic E-state index is 6.23. The molecule has 5 nitrogen and oxygen atoms in total. The average Bonchev–Trinajstić information content (AvgIpc) is 3.84. The van der Waals surface area contributed by atoms with Crippen molar-refractivity contribution in [3.05, 3.63) is 139 Å². The average molecular weight is 641 g/mol. The fourth-order valence-corrected chi connectivity index (χ4v) is 9.22. The van der Waals surface area contributed by atoms with Crippen LogP contribution in [0, 0.1) is 0 Å². The largest absolute Gasteiger partial charge is 0.436 e. The van der Waals surface area contributed by atoms with Crippen LogP contribution in [0.25, 0.3) is 76.6 Å². The van der Waals surface area contributed by atoms with E-state index in [-0.39, 0.29) is 0 Å². The fourth-order valence-electron chi connectivity index (χ4n) is 6.73. The molecule has 0 radical (unpaired) electrons. The number of oxazole rings is 1. The molecular formula is C40H24N4OS2. The summed E-state index contributed by atoms with van der Waals surface area (Å²) in [6.45, 7) is 0. The lowest BCUT2D eigenvalue weighted by Crippen LogP contribution is -2.09. The van der Waals surface area contributed by atoms with Crippen molar-refractivity contribution in [2.75, 3.05) is 0 Å². The summed E-state index contributed by atoms with van der Waals surface area (Å²) in [4.78, 5) is 21.7. The topological polar surface area (TPSA) is 64.7 Å². The molecule has 222 valence electrons. The summed E-state index contributed by atoms with van der Waals surface area (Å²) in [5.41, 5.74) is 8.16. The minimum Gasteiger partial charge on any atom is -0.436 e. The van der Waals surface area contributed by atoms with E-state index in [4.69, 9.17) is 24.4 Å². The van der Waals surface area contributed by atoms with E-state index >= 15 is 0 Å². The van der Waals surface area contributed by atoms with E-state index in [1.54, 1.807) is 11.3 Å². The molecule has 0 saturated heterocycles. The smallest absolute Gasteiger partial charge is 0.227 e. The molecule has 1 atom stereocenters. The Morgan fingerprint density at radius 2 is 1.38 bits per heavy atom. The maximum absolute atomic E-state index is 6.23. The second-order valence-electron chi connectivity index (χ2n) is 11.7. The van der Waals surface area contributed by atoms with Gasteiger partial charge in [-0.15, -0.1) is 23.1 Å². The quantitative estimate of drug-likeness (QED) is 0.191. The number of hydrogen-bond acceptors (Lipinski definition) is 7. The summed E-state index contributed by atoms with van der Waals surface area (Å²) in [6, 6.07) is 39.6. The summed E-state index contributed by atoms with van der Waals surface area (Å²) in [7, 11) is 0. The van der Waals surface area contributed by atoms with Gasteiger partial charge in [0.05, 0.1) is 0 Å². The van der Waals surface area contributed by atoms with E-state index in [1.807, 2.05) is 60.3 Å². The Morgan fingerprint density at radius 1 is 0.638 bits per heavy atom. The van der Waals surface area contributed by atoms with Gasteiger partial charge in [-0.3, -0.25) is 0 Å². The number of nitrogens with zero attached hydrogens (tertiary/aromatic N) is 4. The van der Waals surface area contributed by atoms with Gasteiger partial charge in [0, 0.05) is 58.6 Å². The van der Waals surface area contributed by atoms with Crippen molar-refractivity contribution in [3.63, 3.8) is 0 Å². The highest BCUT2D eigenvalue weighted by Gasteiger charge is 2.32. The van der Waals surface area contributed by atoms with Crippen LogP contribution in [-0.2, 0) is 0 Å². The first-order valence-electron chi connectivity index (χ1n) is 15.6. The first-order chi connectivity index (χ1) is 23.3. The molecule has 1 aliphatic heterocycles. The van der Waals surface area contributed by atoms with Gasteiger partial charge >= 0.3 is 0 Å². The van der Waals surface area contributed by atoms with Crippen molar-refractivity contribution in [1.82, 2.24) is 19.9 Å². The summed E-state index contributed by atoms with van der Waals surface area (Å²) in [6.07, 6.45) is 5.45. The van der Waals surface area contributed by atoms with E-state index in [0.717, 1.165) is 60.0 Å². The van der Waals surface area contributed by atoms with Crippen molar-refractivity contribution < 1.29 is 4.42 Å². The van der Waals surface area contributed by atoms with Crippen LogP contribution < -0.4 is 0 Å². The minimum atomic E-state index is 0.350. The molecule has 7 heteroatoms. The Labute approximate surface area is 278 Å². The molecule has 47 heavy (non-hydrogen) atoms. The zero-order valence-electron chi connectivity index (χ0n) is 24.9. The van der Waals surface area contributed by atoms with Crippen LogP contribution in [0.5, 0.6) is 0 Å². The van der Waals surface area contributed by atoms with Gasteiger partial charge in [0.15, 0.2) is 23.1 Å². The molecule has 0 amide bonds. The first-order valence-corrected chi connectivity index (χ1v) is 17.3. The molecule has 10 rings (SSSR count). The molecular weight excluding hydrogens is 617 g/mol. The number of benzene rings is 5. The molecule has 0 saturated carbocycles. The normalized spacial score (nSPS) is 15.5. The zero-order chi connectivity index (χ0) is 30.9. The lowest BCUT2D eigenvalue weighted by Gasteiger charge is -2.19. The van der Waals surface area contributed by atoms with E-state index in [9.17, 15) is 0 Å². The third-order valence-electron chi connectivity index (χ3n) is 8.87. The second-order valence-corrected chi connectivity index (χ2v) is 14.1. The van der Waals surface area contributed by atoms with Crippen LogP contribution in [-0.4, -0.2) is 25.2 Å². The standard InChI is InChI=1S/C40H24N4OS2/c1-3-11-23(12-4-1)37-42-38(26-16-9-19-32-35(26)25-15-7-8-18-31(25)46-32)44-39(43-37)27-17-10-20-33-36(27)28-21-29-30(22-34(28)47-33)45-40(41-29)24-13-5-2-6-14-24/h1-18,20-22,32H,19H2. The minimum absolute atomic E-state index is 0.350. The number of thiophene rings is 1. The Kier molecular flexibility index (Phi) is 6.04. The van der Waals surface area contributed by atoms with Crippen molar-refractivity contribution in [3.8, 4) is 34.2 Å². The number of fused-ring (bicyclic) bond motifs is 7. The summed E-state index contributed by atoms with van der Waals surface area (Å²) >= 11 is 3.68. The Bertz CT molecular complexity index is 2590. The summed E-state index contributed by atoms with van der Waals surface area (Å²) in [5, 5.41) is 2.58. The van der Waals surface area contributed by atoms with Crippen molar-refractivity contribution in [2.45, 2.75) is 16.6 Å². The van der Waals surface area contributed by atoms with Gasteiger partial charge in [-0.1, -0.05) is 91.0 Å². The van der Waals surface area contributed by atoms with E-state index in [0.29, 0.717) is 28.6 Å². The maximum Gasteiger partial charge on any atom is 0.227 e. The molecule has 0 spiro atoms. The molecule has 0 fully saturated rings. The number of rotatable bonds is 4. The van der Waals surface area contributed by atoms with Gasteiger partial charge in [-0.05, 0) is 47.9 Å². The van der Waals surface area contributed by atoms with E-state index < -0.39 is 0 Å². The number of hydrogen-bond donors (Lipinski definition) is 0. The third-order valence-corrected chi connectivity index (χ3v) is 11.3. The van der Waals surface area contributed by atoms with Crippen LogP contribution in [0.3, 0.4) is 0 Å². The molecule has 0 bridgehead atoms. The third kappa shape index (κ3) is 4.38. The predicted molar refractivity (Wildman–Crippen MR) is 193 cm³/mol. The second kappa shape index (κ2) is 10.6. The predicted octanol–water partition coefficient (Wildman–Crippen LogP) is 10.7. The molecule has 3 aromatic heterocycles. The van der Waals surface area contributed by atoms with Crippen molar-refractivity contribution in [1.29, 1.82) is 0 Å². The van der Waals surface area contributed by atoms with Gasteiger partial charge in [0.25, 0.3) is 0 Å². The molecule has 1 unspecified atom stereocenters. The first kappa shape index (κ1) is 26.8. The van der Waals surface area contributed by atoms with Crippen LogP contribution in [0.15, 0.2) is 137 Å². The molecule has 0 N–H and O–H groups in total. The molecule has 5 aromatic carbocycles. The Hall–Kier alpha value is -5.37. The lowest BCUT2D eigenvalue weighted by atomic mass is 9.91. The van der Waals surface area contributed by atoms with Crippen LogP contribution in [0.4, 0.5) is 0 Å². The fraction of sp³-hybridized carbons (Fsp3) is 0.0500. The van der Waals surface area contributed by atoms with Crippen LogP contribution in [0.2, 0.25) is 0 Å². The van der Waals surface area contributed by atoms with Gasteiger partial charge in [-0.25, -0.2) is 19.9 Å². The lowest BCUT2D eigenvalue weighted by molar-refractivity contribution is 0.620. The van der Waals surface area contributed by atoms with Gasteiger partial charge in [-0.2, -0.15) is 0 Å². The summed E-state index contributed by atoms with van der Waals surface area (Å²) < 4.78 is 8.53. The monoisotopic (exact) mass is 640 g/mol. The van der Waals surface area contributed by atoms with Crippen molar-refractivity contribution >= 4 is 65.5 Å². The van der Waals surface area contributed by atoms with Crippen LogP contribution >= 0.6 is 23.1 Å². The molecule has 2 aliphatic rings.